The molecule has 0 saturated heterocycles. The first-order valence-corrected chi connectivity index (χ1v) is 7.56. The van der Waals surface area contributed by atoms with E-state index in [-0.39, 0.29) is 5.92 Å². The summed E-state index contributed by atoms with van der Waals surface area (Å²) in [6.07, 6.45) is 0.991. The number of rotatable bonds is 3. The van der Waals surface area contributed by atoms with Crippen LogP contribution in [0.25, 0.3) is 22.7 Å². The van der Waals surface area contributed by atoms with Crippen LogP contribution in [0.4, 0.5) is 5.82 Å². The summed E-state index contributed by atoms with van der Waals surface area (Å²) in [4.78, 5) is 0. The summed E-state index contributed by atoms with van der Waals surface area (Å²) in [7, 11) is 0. The second-order valence-electron chi connectivity index (χ2n) is 6.22. The third-order valence-electron chi connectivity index (χ3n) is 4.24. The largest absolute Gasteiger partial charge is 0.381 e. The second-order valence-corrected chi connectivity index (χ2v) is 6.22. The van der Waals surface area contributed by atoms with Crippen LogP contribution in [0.3, 0.4) is 0 Å². The van der Waals surface area contributed by atoms with Crippen molar-refractivity contribution in [2.45, 2.75) is 26.2 Å². The Labute approximate surface area is 128 Å². The predicted molar refractivity (Wildman–Crippen MR) is 85.2 cm³/mol. The Bertz CT molecular complexity index is 817. The molecular formula is C17H18N4O. The normalized spacial score (nSPS) is 16.0. The monoisotopic (exact) mass is 294 g/mol. The molecule has 0 spiro atoms. The van der Waals surface area contributed by atoms with Crippen LogP contribution >= 0.6 is 0 Å². The van der Waals surface area contributed by atoms with Gasteiger partial charge in [-0.2, -0.15) is 5.10 Å². The van der Waals surface area contributed by atoms with E-state index in [2.05, 4.69) is 41.3 Å². The van der Waals surface area contributed by atoms with E-state index in [0.717, 1.165) is 34.7 Å². The molecule has 0 amide bonds. The van der Waals surface area contributed by atoms with E-state index >= 15 is 0 Å². The lowest BCUT2D eigenvalue weighted by molar-refractivity contribution is 0.434. The highest BCUT2D eigenvalue weighted by atomic mass is 16.5. The fourth-order valence-corrected chi connectivity index (χ4v) is 3.36. The van der Waals surface area contributed by atoms with Crippen molar-refractivity contribution >= 4 is 5.82 Å². The Morgan fingerprint density at radius 3 is 2.73 bits per heavy atom. The molecule has 5 nitrogen and oxygen atoms in total. The van der Waals surface area contributed by atoms with Gasteiger partial charge in [-0.05, 0) is 12.3 Å². The van der Waals surface area contributed by atoms with Gasteiger partial charge in [-0.3, -0.25) is 5.10 Å². The molecule has 1 unspecified atom stereocenters. The number of aromatic nitrogens is 3. The van der Waals surface area contributed by atoms with Crippen molar-refractivity contribution in [3.63, 3.8) is 0 Å². The Kier molecular flexibility index (Phi) is 2.82. The first kappa shape index (κ1) is 13.1. The molecule has 2 aromatic heterocycles. The Morgan fingerprint density at radius 2 is 2.00 bits per heavy atom. The first-order chi connectivity index (χ1) is 10.7. The number of anilines is 1. The number of benzene rings is 1. The Hall–Kier alpha value is -2.56. The SMILES string of the molecule is CC(C)CC1c2c(-c3ccccc3)n[nH]c2-c2onc(N)c21. The zero-order valence-electron chi connectivity index (χ0n) is 12.6. The highest BCUT2D eigenvalue weighted by Gasteiger charge is 2.39. The number of nitrogens with one attached hydrogen (secondary N) is 1. The fourth-order valence-electron chi connectivity index (χ4n) is 3.36. The molecule has 22 heavy (non-hydrogen) atoms. The van der Waals surface area contributed by atoms with Gasteiger partial charge in [0.1, 0.15) is 5.69 Å². The van der Waals surface area contributed by atoms with E-state index in [4.69, 9.17) is 10.3 Å². The number of hydrogen-bond acceptors (Lipinski definition) is 4. The number of fused-ring (bicyclic) bond motifs is 3. The van der Waals surface area contributed by atoms with Gasteiger partial charge < -0.3 is 10.3 Å². The summed E-state index contributed by atoms with van der Waals surface area (Å²) in [5.74, 6) is 1.96. The number of hydrogen-bond donors (Lipinski definition) is 2. The van der Waals surface area contributed by atoms with E-state index in [0.29, 0.717) is 11.7 Å². The zero-order chi connectivity index (χ0) is 15.3. The van der Waals surface area contributed by atoms with Crippen molar-refractivity contribution in [1.29, 1.82) is 0 Å². The fraction of sp³-hybridized carbons (Fsp3) is 0.294. The van der Waals surface area contributed by atoms with E-state index in [1.807, 2.05) is 18.2 Å². The second kappa shape index (κ2) is 4.73. The maximum atomic E-state index is 6.05. The zero-order valence-corrected chi connectivity index (χ0v) is 12.6. The summed E-state index contributed by atoms with van der Waals surface area (Å²) in [5.41, 5.74) is 11.2. The van der Waals surface area contributed by atoms with Crippen LogP contribution in [-0.4, -0.2) is 15.4 Å². The number of H-pyrrole nitrogens is 1. The summed E-state index contributed by atoms with van der Waals surface area (Å²) in [6.45, 7) is 4.42. The topological polar surface area (TPSA) is 80.7 Å². The molecule has 3 N–H and O–H groups in total. The Balaban J connectivity index is 1.91. The minimum Gasteiger partial charge on any atom is -0.381 e. The van der Waals surface area contributed by atoms with Crippen LogP contribution < -0.4 is 5.73 Å². The van der Waals surface area contributed by atoms with E-state index in [1.165, 1.54) is 5.56 Å². The van der Waals surface area contributed by atoms with Crippen LogP contribution in [0.5, 0.6) is 0 Å². The predicted octanol–water partition coefficient (Wildman–Crippen LogP) is 3.81. The van der Waals surface area contributed by atoms with Crippen molar-refractivity contribution in [2.24, 2.45) is 5.92 Å². The molecule has 2 heterocycles. The molecule has 0 saturated carbocycles. The summed E-state index contributed by atoms with van der Waals surface area (Å²) in [5, 5.41) is 11.6. The van der Waals surface area contributed by atoms with Crippen LogP contribution in [-0.2, 0) is 0 Å². The smallest absolute Gasteiger partial charge is 0.190 e. The van der Waals surface area contributed by atoms with E-state index in [9.17, 15) is 0 Å². The standard InChI is InChI=1S/C17H18N4O/c1-9(2)8-11-12-14(10-6-4-3-5-7-10)19-20-15(12)16-13(11)17(18)21-22-16/h3-7,9,11H,8H2,1-2H3,(H2,18,21)(H,19,20). The lowest BCUT2D eigenvalue weighted by Gasteiger charge is -2.15. The number of nitrogens with two attached hydrogens (primary N) is 1. The van der Waals surface area contributed by atoms with Gasteiger partial charge in [0.05, 0.1) is 11.3 Å². The molecule has 1 aliphatic carbocycles. The maximum Gasteiger partial charge on any atom is 0.190 e. The average Bonchev–Trinajstić information content (AvgIpc) is 3.15. The van der Waals surface area contributed by atoms with Gasteiger partial charge in [-0.25, -0.2) is 0 Å². The van der Waals surface area contributed by atoms with E-state index < -0.39 is 0 Å². The molecule has 0 aliphatic heterocycles. The highest BCUT2D eigenvalue weighted by molar-refractivity contribution is 5.82. The van der Waals surface area contributed by atoms with E-state index in [1.54, 1.807) is 0 Å². The van der Waals surface area contributed by atoms with Gasteiger partial charge in [-0.1, -0.05) is 49.3 Å². The molecule has 3 aromatic rings. The summed E-state index contributed by atoms with van der Waals surface area (Å²) in [6, 6.07) is 10.2. The first-order valence-electron chi connectivity index (χ1n) is 7.56. The maximum absolute atomic E-state index is 6.05. The van der Waals surface area contributed by atoms with Gasteiger partial charge in [0.2, 0.25) is 0 Å². The van der Waals surface area contributed by atoms with Crippen LogP contribution in [0.1, 0.15) is 37.3 Å². The molecule has 5 heteroatoms. The highest BCUT2D eigenvalue weighted by Crippen LogP contribution is 2.51. The third-order valence-corrected chi connectivity index (χ3v) is 4.24. The molecular weight excluding hydrogens is 276 g/mol. The average molecular weight is 294 g/mol. The quantitative estimate of drug-likeness (QED) is 0.769. The van der Waals surface area contributed by atoms with Crippen LogP contribution in [0.15, 0.2) is 34.9 Å². The summed E-state index contributed by atoms with van der Waals surface area (Å²) >= 11 is 0. The summed E-state index contributed by atoms with van der Waals surface area (Å²) < 4.78 is 5.45. The van der Waals surface area contributed by atoms with Gasteiger partial charge in [0.25, 0.3) is 0 Å². The molecule has 0 bridgehead atoms. The van der Waals surface area contributed by atoms with Crippen LogP contribution in [0, 0.1) is 5.92 Å². The molecule has 0 fully saturated rings. The van der Waals surface area contributed by atoms with Gasteiger partial charge in [-0.15, -0.1) is 0 Å². The number of nitrogen functional groups attached to an aromatic ring is 1. The molecule has 112 valence electrons. The minimum absolute atomic E-state index is 0.185. The van der Waals surface area contributed by atoms with Gasteiger partial charge in [0, 0.05) is 17.0 Å². The minimum atomic E-state index is 0.185. The van der Waals surface area contributed by atoms with Gasteiger partial charge >= 0.3 is 0 Å². The van der Waals surface area contributed by atoms with Gasteiger partial charge in [0.15, 0.2) is 11.6 Å². The van der Waals surface area contributed by atoms with Crippen molar-refractivity contribution in [2.75, 3.05) is 5.73 Å². The molecule has 1 aliphatic rings. The molecule has 1 atom stereocenters. The lowest BCUT2D eigenvalue weighted by Crippen LogP contribution is -2.04. The molecule has 1 aromatic carbocycles. The lowest BCUT2D eigenvalue weighted by atomic mass is 9.87. The number of nitrogens with zero attached hydrogens (tertiary/aromatic N) is 2. The van der Waals surface area contributed by atoms with Crippen LogP contribution in [0.2, 0.25) is 0 Å². The van der Waals surface area contributed by atoms with Crippen molar-refractivity contribution in [3.8, 4) is 22.7 Å². The Morgan fingerprint density at radius 1 is 1.23 bits per heavy atom. The van der Waals surface area contributed by atoms with Crippen molar-refractivity contribution in [3.05, 3.63) is 41.5 Å². The number of aromatic amines is 1. The molecule has 0 radical (unpaired) electrons. The molecule has 4 rings (SSSR count). The third kappa shape index (κ3) is 1.78. The van der Waals surface area contributed by atoms with Crippen molar-refractivity contribution < 1.29 is 4.52 Å². The van der Waals surface area contributed by atoms with Crippen molar-refractivity contribution in [1.82, 2.24) is 15.4 Å².